The van der Waals surface area contributed by atoms with Gasteiger partial charge in [-0.05, 0) is 18.2 Å². The van der Waals surface area contributed by atoms with Gasteiger partial charge in [-0.3, -0.25) is 14.9 Å². The lowest BCUT2D eigenvalue weighted by Crippen LogP contribution is -2.24. The molecule has 0 spiro atoms. The molecule has 2 heterocycles. The maximum absolute atomic E-state index is 13.3. The Bertz CT molecular complexity index is 1250. The highest BCUT2D eigenvalue weighted by molar-refractivity contribution is 7.99. The zero-order valence-electron chi connectivity index (χ0n) is 17.4. The normalized spacial score (nSPS) is 15.1. The number of non-ortho nitro benzene ring substituents is 1. The molecule has 0 unspecified atom stereocenters. The molecule has 0 saturated heterocycles. The Labute approximate surface area is 194 Å². The first-order valence-corrected chi connectivity index (χ1v) is 10.7. The number of fused-ring (bicyclic) bond motifs is 1. The van der Waals surface area contributed by atoms with Crippen LogP contribution in [0.3, 0.4) is 0 Å². The first-order valence-electron chi connectivity index (χ1n) is 9.69. The molecule has 1 aromatic heterocycles. The summed E-state index contributed by atoms with van der Waals surface area (Å²) >= 11 is 0.958. The summed E-state index contributed by atoms with van der Waals surface area (Å²) in [5.74, 6) is 0.591. The van der Waals surface area contributed by atoms with Gasteiger partial charge in [0.05, 0.1) is 21.9 Å². The third-order valence-electron chi connectivity index (χ3n) is 4.79. The fourth-order valence-corrected chi connectivity index (χ4v) is 3.90. The van der Waals surface area contributed by atoms with Crippen molar-refractivity contribution in [1.82, 2.24) is 14.8 Å². The number of carbonyl (C=O) groups is 1. The number of anilines is 1. The summed E-state index contributed by atoms with van der Waals surface area (Å²) in [6.45, 7) is 0.203. The lowest BCUT2D eigenvalue weighted by Gasteiger charge is -2.25. The average molecular weight is 495 g/mol. The summed E-state index contributed by atoms with van der Waals surface area (Å²) in [5, 5.41) is 21.4. The highest BCUT2D eigenvalue weighted by atomic mass is 32.2. The quantitative estimate of drug-likeness (QED) is 0.310. The van der Waals surface area contributed by atoms with E-state index in [0.29, 0.717) is 28.5 Å². The van der Waals surface area contributed by atoms with Crippen LogP contribution < -0.4 is 14.8 Å². The van der Waals surface area contributed by atoms with E-state index in [1.165, 1.54) is 0 Å². The smallest absolute Gasteiger partial charge is 0.418 e. The number of hydrogen-bond donors (Lipinski definition) is 1. The van der Waals surface area contributed by atoms with Gasteiger partial charge < -0.3 is 19.4 Å². The SMILES string of the molecule is Cn1c(SCC(=O)Nc2ccc([N+](=O)[O-])cc2C(F)(F)F)nnc1[C@@H]1COc2ccccc2O1. The summed E-state index contributed by atoms with van der Waals surface area (Å²) in [7, 11) is 1.66. The number of amides is 1. The van der Waals surface area contributed by atoms with Gasteiger partial charge in [-0.15, -0.1) is 10.2 Å². The summed E-state index contributed by atoms with van der Waals surface area (Å²) in [6.07, 6.45) is -5.42. The molecule has 10 nitrogen and oxygen atoms in total. The van der Waals surface area contributed by atoms with Crippen LogP contribution in [0.1, 0.15) is 17.5 Å². The minimum Gasteiger partial charge on any atom is -0.485 e. The van der Waals surface area contributed by atoms with Crippen LogP contribution in [0.2, 0.25) is 0 Å². The van der Waals surface area contributed by atoms with Gasteiger partial charge in [0.15, 0.2) is 28.6 Å². The molecule has 178 valence electrons. The van der Waals surface area contributed by atoms with Crippen molar-refractivity contribution in [2.75, 3.05) is 17.7 Å². The first-order chi connectivity index (χ1) is 16.1. The Balaban J connectivity index is 1.42. The molecular weight excluding hydrogens is 479 g/mol. The molecule has 0 bridgehead atoms. The number of hydrogen-bond acceptors (Lipinski definition) is 8. The molecule has 0 fully saturated rings. The number of ether oxygens (including phenoxy) is 2. The number of nitrogens with one attached hydrogen (secondary N) is 1. The Kier molecular flexibility index (Phi) is 6.32. The van der Waals surface area contributed by atoms with Crippen molar-refractivity contribution in [2.24, 2.45) is 7.05 Å². The van der Waals surface area contributed by atoms with Crippen LogP contribution in [0.5, 0.6) is 11.5 Å². The van der Waals surface area contributed by atoms with Crippen LogP contribution in [0.4, 0.5) is 24.5 Å². The van der Waals surface area contributed by atoms with E-state index < -0.39 is 40.0 Å². The minimum atomic E-state index is -4.89. The van der Waals surface area contributed by atoms with Gasteiger partial charge in [0.25, 0.3) is 5.69 Å². The summed E-state index contributed by atoms with van der Waals surface area (Å²) < 4.78 is 53.1. The van der Waals surface area contributed by atoms with Gasteiger partial charge in [-0.2, -0.15) is 13.2 Å². The lowest BCUT2D eigenvalue weighted by molar-refractivity contribution is -0.385. The fourth-order valence-electron chi connectivity index (χ4n) is 3.18. The van der Waals surface area contributed by atoms with E-state index in [0.717, 1.165) is 23.9 Å². The van der Waals surface area contributed by atoms with Crippen LogP contribution in [0.25, 0.3) is 0 Å². The molecule has 4 rings (SSSR count). The predicted molar refractivity (Wildman–Crippen MR) is 114 cm³/mol. The Hall–Kier alpha value is -3.81. The summed E-state index contributed by atoms with van der Waals surface area (Å²) in [6, 6.07) is 9.26. The lowest BCUT2D eigenvalue weighted by atomic mass is 10.1. The average Bonchev–Trinajstić information content (AvgIpc) is 3.17. The second kappa shape index (κ2) is 9.21. The number of thioether (sulfide) groups is 1. The maximum Gasteiger partial charge on any atom is 0.418 e. The summed E-state index contributed by atoms with van der Waals surface area (Å²) in [5.41, 5.74) is -2.62. The van der Waals surface area contributed by atoms with Crippen molar-refractivity contribution >= 4 is 29.0 Å². The molecular formula is C20H16F3N5O5S. The largest absolute Gasteiger partial charge is 0.485 e. The third kappa shape index (κ3) is 4.90. The number of aromatic nitrogens is 3. The van der Waals surface area contributed by atoms with E-state index in [2.05, 4.69) is 15.5 Å². The number of nitro benzene ring substituents is 1. The summed E-state index contributed by atoms with van der Waals surface area (Å²) in [4.78, 5) is 22.2. The monoisotopic (exact) mass is 495 g/mol. The molecule has 1 aliphatic rings. The van der Waals surface area contributed by atoms with Gasteiger partial charge in [0.1, 0.15) is 6.61 Å². The molecule has 2 aromatic carbocycles. The van der Waals surface area contributed by atoms with Gasteiger partial charge in [-0.25, -0.2) is 0 Å². The Morgan fingerprint density at radius 1 is 1.26 bits per heavy atom. The van der Waals surface area contributed by atoms with Crippen LogP contribution >= 0.6 is 11.8 Å². The number of halogens is 3. The van der Waals surface area contributed by atoms with E-state index >= 15 is 0 Å². The molecule has 34 heavy (non-hydrogen) atoms. The van der Waals surface area contributed by atoms with Crippen molar-refractivity contribution < 1.29 is 32.4 Å². The highest BCUT2D eigenvalue weighted by Crippen LogP contribution is 2.38. The second-order valence-corrected chi connectivity index (χ2v) is 8.03. The maximum atomic E-state index is 13.3. The van der Waals surface area contributed by atoms with Crippen molar-refractivity contribution in [3.8, 4) is 11.5 Å². The van der Waals surface area contributed by atoms with Crippen molar-refractivity contribution in [1.29, 1.82) is 0 Å². The van der Waals surface area contributed by atoms with Gasteiger partial charge in [0, 0.05) is 19.2 Å². The van der Waals surface area contributed by atoms with Gasteiger partial charge in [-0.1, -0.05) is 23.9 Å². The standard InChI is InChI=1S/C20H16F3N5O5S/c1-27-18(16-9-32-14-4-2-3-5-15(14)33-16)25-26-19(27)34-10-17(29)24-13-7-6-11(28(30)31)8-12(13)20(21,22)23/h2-8,16H,9-10H2,1H3,(H,24,29)/t16-/m0/s1. The van der Waals surface area contributed by atoms with E-state index in [1.807, 2.05) is 6.07 Å². The van der Waals surface area contributed by atoms with E-state index in [-0.39, 0.29) is 12.4 Å². The molecule has 3 aromatic rings. The fraction of sp³-hybridized carbons (Fsp3) is 0.250. The van der Waals surface area contributed by atoms with Gasteiger partial charge >= 0.3 is 6.18 Å². The zero-order valence-corrected chi connectivity index (χ0v) is 18.2. The van der Waals surface area contributed by atoms with Crippen molar-refractivity contribution in [3.63, 3.8) is 0 Å². The third-order valence-corrected chi connectivity index (χ3v) is 5.81. The van der Waals surface area contributed by atoms with E-state index in [1.54, 1.807) is 29.8 Å². The molecule has 0 saturated carbocycles. The number of alkyl halides is 3. The number of nitrogens with zero attached hydrogens (tertiary/aromatic N) is 4. The molecule has 1 aliphatic heterocycles. The number of nitro groups is 1. The minimum absolute atomic E-state index is 0.203. The Morgan fingerprint density at radius 3 is 2.71 bits per heavy atom. The van der Waals surface area contributed by atoms with Crippen LogP contribution in [0.15, 0.2) is 47.6 Å². The van der Waals surface area contributed by atoms with Crippen LogP contribution in [-0.2, 0) is 18.0 Å². The van der Waals surface area contributed by atoms with Gasteiger partial charge in [0.2, 0.25) is 5.91 Å². The molecule has 0 aliphatic carbocycles. The second-order valence-electron chi connectivity index (χ2n) is 7.09. The molecule has 14 heteroatoms. The molecule has 1 N–H and O–H groups in total. The van der Waals surface area contributed by atoms with Crippen LogP contribution in [0, 0.1) is 10.1 Å². The van der Waals surface area contributed by atoms with Crippen molar-refractivity contribution in [3.05, 3.63) is 64.0 Å². The number of carbonyl (C=O) groups excluding carboxylic acids is 1. The van der Waals surface area contributed by atoms with Crippen molar-refractivity contribution in [2.45, 2.75) is 17.4 Å². The topological polar surface area (TPSA) is 121 Å². The number of rotatable bonds is 6. The Morgan fingerprint density at radius 2 is 2.00 bits per heavy atom. The van der Waals surface area contributed by atoms with Crippen LogP contribution in [-0.4, -0.2) is 38.0 Å². The zero-order chi connectivity index (χ0) is 24.5. The van der Waals surface area contributed by atoms with E-state index in [9.17, 15) is 28.1 Å². The number of para-hydroxylation sites is 2. The number of benzene rings is 2. The van der Waals surface area contributed by atoms with E-state index in [4.69, 9.17) is 9.47 Å². The first kappa shape index (κ1) is 23.4. The molecule has 1 amide bonds. The predicted octanol–water partition coefficient (Wildman–Crippen LogP) is 3.99. The molecule has 0 radical (unpaired) electrons. The molecule has 1 atom stereocenters. The highest BCUT2D eigenvalue weighted by Gasteiger charge is 2.35.